The number of aromatic nitrogens is 2. The summed E-state index contributed by atoms with van der Waals surface area (Å²) in [6.45, 7) is 3.83. The maximum absolute atomic E-state index is 13.3. The lowest BCUT2D eigenvalue weighted by Crippen LogP contribution is -2.48. The lowest BCUT2D eigenvalue weighted by atomic mass is 10.1. The van der Waals surface area contributed by atoms with Crippen molar-refractivity contribution in [3.05, 3.63) is 88.7 Å². The van der Waals surface area contributed by atoms with Crippen LogP contribution in [0.4, 0.5) is 17.2 Å². The average Bonchev–Trinajstić information content (AvgIpc) is 2.85. The Balaban J connectivity index is 1.62. The van der Waals surface area contributed by atoms with Crippen LogP contribution in [0.5, 0.6) is 0 Å². The van der Waals surface area contributed by atoms with Crippen molar-refractivity contribution < 1.29 is 8.42 Å². The third kappa shape index (κ3) is 4.65. The molecule has 9 heteroatoms. The summed E-state index contributed by atoms with van der Waals surface area (Å²) in [7, 11) is -3.22. The number of sulfonamides is 1. The maximum atomic E-state index is 13.3. The van der Waals surface area contributed by atoms with Crippen LogP contribution < -0.4 is 15.6 Å². The van der Waals surface area contributed by atoms with E-state index in [1.54, 1.807) is 6.07 Å². The Hall–Kier alpha value is -3.69. The molecule has 35 heavy (non-hydrogen) atoms. The molecule has 0 unspecified atom stereocenters. The monoisotopic (exact) mass is 489 g/mol. The van der Waals surface area contributed by atoms with Gasteiger partial charge in [-0.25, -0.2) is 13.4 Å². The highest BCUT2D eigenvalue weighted by molar-refractivity contribution is 7.88. The molecule has 4 aromatic rings. The number of anilines is 3. The maximum Gasteiger partial charge on any atom is 0.211 e. The number of aryl methyl sites for hydroxylation is 1. The van der Waals surface area contributed by atoms with Gasteiger partial charge in [-0.15, -0.1) is 0 Å². The average molecular weight is 490 g/mol. The highest BCUT2D eigenvalue weighted by Crippen LogP contribution is 2.29. The van der Waals surface area contributed by atoms with Crippen LogP contribution in [0.3, 0.4) is 0 Å². The van der Waals surface area contributed by atoms with E-state index in [4.69, 9.17) is 4.98 Å². The fraction of sp³-hybridized carbons (Fsp3) is 0.231. The summed E-state index contributed by atoms with van der Waals surface area (Å²) in [6, 6.07) is 23.0. The first kappa shape index (κ1) is 23.1. The van der Waals surface area contributed by atoms with Gasteiger partial charge in [-0.05, 0) is 37.3 Å². The van der Waals surface area contributed by atoms with Gasteiger partial charge in [0.1, 0.15) is 11.5 Å². The number of nitrogens with one attached hydrogen (secondary N) is 1. The Morgan fingerprint density at radius 2 is 1.51 bits per heavy atom. The molecule has 0 amide bonds. The zero-order valence-corrected chi connectivity index (χ0v) is 20.5. The summed E-state index contributed by atoms with van der Waals surface area (Å²) < 4.78 is 27.2. The van der Waals surface area contributed by atoms with Gasteiger partial charge in [0.15, 0.2) is 5.43 Å². The number of rotatable bonds is 5. The summed E-state index contributed by atoms with van der Waals surface area (Å²) in [5, 5.41) is 3.88. The number of pyridine rings is 2. The predicted octanol–water partition coefficient (Wildman–Crippen LogP) is 3.52. The summed E-state index contributed by atoms with van der Waals surface area (Å²) in [5.74, 6) is 0.626. The fourth-order valence-corrected chi connectivity index (χ4v) is 5.32. The van der Waals surface area contributed by atoms with E-state index in [9.17, 15) is 13.2 Å². The van der Waals surface area contributed by atoms with Crippen LogP contribution >= 0.6 is 0 Å². The summed E-state index contributed by atoms with van der Waals surface area (Å²) in [5.41, 5.74) is 3.83. The van der Waals surface area contributed by atoms with Crippen molar-refractivity contribution in [3.8, 4) is 5.69 Å². The molecular formula is C26H27N5O3S. The second kappa shape index (κ2) is 9.16. The highest BCUT2D eigenvalue weighted by atomic mass is 32.2. The molecule has 0 aliphatic carbocycles. The number of hydrogen-bond donors (Lipinski definition) is 1. The summed E-state index contributed by atoms with van der Waals surface area (Å²) in [4.78, 5) is 20.3. The molecular weight excluding hydrogens is 462 g/mol. The van der Waals surface area contributed by atoms with Crippen molar-refractivity contribution in [3.63, 3.8) is 0 Å². The molecule has 1 saturated heterocycles. The molecule has 0 bridgehead atoms. The van der Waals surface area contributed by atoms with E-state index in [-0.39, 0.29) is 5.43 Å². The number of nitrogens with zero attached hydrogens (tertiary/aromatic N) is 4. The molecule has 0 spiro atoms. The third-order valence-electron chi connectivity index (χ3n) is 6.26. The van der Waals surface area contributed by atoms with Gasteiger partial charge in [-0.1, -0.05) is 36.4 Å². The standard InChI is InChI=1S/C26H27N5O3S/c1-19-23(29-13-15-30(16-14-29)35(2,33)34)17-22-24(32)18-25(28-20-9-5-3-6-10-20)31(26(22)27-19)21-11-7-4-8-12-21/h3-12,17-18,28H,13-16H2,1-2H3. The van der Waals surface area contributed by atoms with Crippen molar-refractivity contribution in [1.82, 2.24) is 13.9 Å². The minimum Gasteiger partial charge on any atom is -0.367 e. The minimum absolute atomic E-state index is 0.130. The number of piperazine rings is 1. The van der Waals surface area contributed by atoms with Crippen LogP contribution in [0, 0.1) is 6.92 Å². The van der Waals surface area contributed by atoms with Crippen molar-refractivity contribution in [2.45, 2.75) is 6.92 Å². The first-order valence-corrected chi connectivity index (χ1v) is 13.3. The number of hydrogen-bond acceptors (Lipinski definition) is 6. The lowest BCUT2D eigenvalue weighted by molar-refractivity contribution is 0.388. The van der Waals surface area contributed by atoms with Gasteiger partial charge >= 0.3 is 0 Å². The molecule has 1 fully saturated rings. The smallest absolute Gasteiger partial charge is 0.211 e. The summed E-state index contributed by atoms with van der Waals surface area (Å²) in [6.07, 6.45) is 1.23. The van der Waals surface area contributed by atoms with Crippen molar-refractivity contribution in [2.75, 3.05) is 42.7 Å². The number of para-hydroxylation sites is 2. The third-order valence-corrected chi connectivity index (χ3v) is 7.56. The van der Waals surface area contributed by atoms with Crippen molar-refractivity contribution in [2.24, 2.45) is 0 Å². The van der Waals surface area contributed by atoms with E-state index < -0.39 is 10.0 Å². The Labute approximate surface area is 204 Å². The number of benzene rings is 2. The van der Waals surface area contributed by atoms with Gasteiger partial charge in [-0.2, -0.15) is 4.31 Å². The topological polar surface area (TPSA) is 87.5 Å². The molecule has 0 saturated carbocycles. The molecule has 1 aliphatic rings. The molecule has 1 aliphatic heterocycles. The van der Waals surface area contributed by atoms with E-state index in [2.05, 4.69) is 10.2 Å². The molecule has 2 aromatic heterocycles. The van der Waals surface area contributed by atoms with Gasteiger partial charge in [0.05, 0.1) is 23.0 Å². The Morgan fingerprint density at radius 1 is 0.886 bits per heavy atom. The highest BCUT2D eigenvalue weighted by Gasteiger charge is 2.25. The zero-order valence-electron chi connectivity index (χ0n) is 19.7. The summed E-state index contributed by atoms with van der Waals surface area (Å²) >= 11 is 0. The Bertz CT molecular complexity index is 1530. The Morgan fingerprint density at radius 3 is 2.14 bits per heavy atom. The molecule has 0 radical (unpaired) electrons. The van der Waals surface area contributed by atoms with Crippen LogP contribution in [0.15, 0.2) is 77.6 Å². The molecule has 0 atom stereocenters. The van der Waals surface area contributed by atoms with E-state index in [1.807, 2.05) is 78.2 Å². The van der Waals surface area contributed by atoms with Crippen LogP contribution in [-0.2, 0) is 10.0 Å². The molecule has 5 rings (SSSR count). The predicted molar refractivity (Wildman–Crippen MR) is 140 cm³/mol. The molecule has 8 nitrogen and oxygen atoms in total. The van der Waals surface area contributed by atoms with Gasteiger partial charge in [0, 0.05) is 43.6 Å². The molecule has 1 N–H and O–H groups in total. The molecule has 3 heterocycles. The quantitative estimate of drug-likeness (QED) is 0.462. The Kier molecular flexibility index (Phi) is 6.04. The molecule has 180 valence electrons. The van der Waals surface area contributed by atoms with E-state index in [0.29, 0.717) is 43.0 Å². The molecule has 2 aromatic carbocycles. The SMILES string of the molecule is Cc1nc2c(cc1N1CCN(S(C)(=O)=O)CC1)c(=O)cc(Nc1ccccc1)n2-c1ccccc1. The van der Waals surface area contributed by atoms with Gasteiger partial charge in [-0.3, -0.25) is 9.36 Å². The van der Waals surface area contributed by atoms with Gasteiger partial charge in [0.2, 0.25) is 10.0 Å². The first-order valence-electron chi connectivity index (χ1n) is 11.5. The van der Waals surface area contributed by atoms with E-state index >= 15 is 0 Å². The fourth-order valence-electron chi connectivity index (χ4n) is 4.49. The second-order valence-corrected chi connectivity index (χ2v) is 10.7. The van der Waals surface area contributed by atoms with Crippen LogP contribution in [0.2, 0.25) is 0 Å². The zero-order chi connectivity index (χ0) is 24.6. The normalized spacial score (nSPS) is 14.9. The van der Waals surface area contributed by atoms with Crippen molar-refractivity contribution in [1.29, 1.82) is 0 Å². The van der Waals surface area contributed by atoms with Crippen LogP contribution in [-0.4, -0.2) is 54.7 Å². The van der Waals surface area contributed by atoms with Gasteiger partial charge in [0.25, 0.3) is 0 Å². The van der Waals surface area contributed by atoms with Crippen molar-refractivity contribution >= 4 is 38.2 Å². The van der Waals surface area contributed by atoms with E-state index in [1.165, 1.54) is 10.6 Å². The largest absolute Gasteiger partial charge is 0.367 e. The first-order chi connectivity index (χ1) is 16.8. The minimum atomic E-state index is -3.22. The van der Waals surface area contributed by atoms with Crippen LogP contribution in [0.25, 0.3) is 16.7 Å². The van der Waals surface area contributed by atoms with E-state index in [0.717, 1.165) is 22.8 Å². The number of fused-ring (bicyclic) bond motifs is 1. The second-order valence-electron chi connectivity index (χ2n) is 8.67. The lowest BCUT2D eigenvalue weighted by Gasteiger charge is -2.35. The van der Waals surface area contributed by atoms with Crippen LogP contribution in [0.1, 0.15) is 5.69 Å². The van der Waals surface area contributed by atoms with Gasteiger partial charge < -0.3 is 10.2 Å².